The van der Waals surface area contributed by atoms with Gasteiger partial charge in [-0.3, -0.25) is 4.79 Å². The summed E-state index contributed by atoms with van der Waals surface area (Å²) < 4.78 is 5.14. The number of amides is 1. The van der Waals surface area contributed by atoms with Gasteiger partial charge in [0, 0.05) is 5.56 Å². The van der Waals surface area contributed by atoms with Crippen molar-refractivity contribution in [1.82, 2.24) is 10.5 Å². The van der Waals surface area contributed by atoms with Crippen molar-refractivity contribution >= 4 is 11.9 Å². The van der Waals surface area contributed by atoms with Crippen molar-refractivity contribution in [3.8, 4) is 11.3 Å². The average molecular weight is 316 g/mol. The summed E-state index contributed by atoms with van der Waals surface area (Å²) in [5.74, 6) is -1.04. The fraction of sp³-hybridized carbons (Fsp3) is 0.353. The second kappa shape index (κ2) is 7.09. The molecule has 0 spiro atoms. The smallest absolute Gasteiger partial charge is 0.326 e. The Morgan fingerprint density at radius 2 is 1.91 bits per heavy atom. The molecule has 0 saturated carbocycles. The molecule has 0 radical (unpaired) electrons. The third kappa shape index (κ3) is 3.97. The van der Waals surface area contributed by atoms with E-state index in [4.69, 9.17) is 4.52 Å². The molecular weight excluding hydrogens is 296 g/mol. The number of nitrogens with zero attached hydrogens (tertiary/aromatic N) is 1. The number of aliphatic carboxylic acids is 1. The minimum absolute atomic E-state index is 0.147. The molecule has 0 aliphatic rings. The van der Waals surface area contributed by atoms with E-state index in [-0.39, 0.29) is 11.5 Å². The van der Waals surface area contributed by atoms with Gasteiger partial charge in [-0.1, -0.05) is 49.3 Å². The van der Waals surface area contributed by atoms with Gasteiger partial charge in [0.25, 0.3) is 5.91 Å². The Hall–Kier alpha value is -2.63. The van der Waals surface area contributed by atoms with Crippen LogP contribution in [-0.4, -0.2) is 28.2 Å². The Balaban J connectivity index is 2.29. The molecular formula is C17H20N2O4. The molecule has 6 nitrogen and oxygen atoms in total. The zero-order valence-electron chi connectivity index (χ0n) is 13.4. The standard InChI is InChI=1S/C17H20N2O4/c1-10(2)9-13(17(21)22)18-16(20)14-11(3)23-19-15(14)12-7-5-4-6-8-12/h4-8,10,13H,9H2,1-3H3,(H,18,20)(H,21,22)/t13-/m1/s1. The van der Waals surface area contributed by atoms with Gasteiger partial charge >= 0.3 is 5.97 Å². The van der Waals surface area contributed by atoms with E-state index < -0.39 is 17.9 Å². The molecule has 0 bridgehead atoms. The van der Waals surface area contributed by atoms with E-state index in [1.165, 1.54) is 0 Å². The molecule has 1 heterocycles. The number of rotatable bonds is 6. The molecule has 1 aromatic carbocycles. The number of aryl methyl sites for hydroxylation is 1. The number of benzene rings is 1. The third-order valence-electron chi connectivity index (χ3n) is 3.45. The van der Waals surface area contributed by atoms with E-state index in [0.717, 1.165) is 5.56 Å². The van der Waals surface area contributed by atoms with E-state index in [1.807, 2.05) is 44.2 Å². The number of carbonyl (C=O) groups excluding carboxylic acids is 1. The lowest BCUT2D eigenvalue weighted by atomic mass is 10.0. The van der Waals surface area contributed by atoms with Crippen LogP contribution in [0.5, 0.6) is 0 Å². The molecule has 0 saturated heterocycles. The number of nitrogens with one attached hydrogen (secondary N) is 1. The van der Waals surface area contributed by atoms with Gasteiger partial charge in [-0.15, -0.1) is 0 Å². The maximum atomic E-state index is 12.5. The van der Waals surface area contributed by atoms with Gasteiger partial charge in [0.15, 0.2) is 0 Å². The molecule has 0 aliphatic carbocycles. The lowest BCUT2D eigenvalue weighted by Crippen LogP contribution is -2.41. The van der Waals surface area contributed by atoms with E-state index in [0.29, 0.717) is 17.9 Å². The summed E-state index contributed by atoms with van der Waals surface area (Å²) in [4.78, 5) is 23.9. The third-order valence-corrected chi connectivity index (χ3v) is 3.45. The van der Waals surface area contributed by atoms with Crippen LogP contribution in [0, 0.1) is 12.8 Å². The highest BCUT2D eigenvalue weighted by Crippen LogP contribution is 2.25. The second-order valence-corrected chi connectivity index (χ2v) is 5.82. The largest absolute Gasteiger partial charge is 0.480 e. The highest BCUT2D eigenvalue weighted by molar-refractivity contribution is 6.02. The van der Waals surface area contributed by atoms with Gasteiger partial charge < -0.3 is 14.9 Å². The van der Waals surface area contributed by atoms with Gasteiger partial charge in [-0.2, -0.15) is 0 Å². The lowest BCUT2D eigenvalue weighted by molar-refractivity contribution is -0.139. The number of aromatic nitrogens is 1. The number of carbonyl (C=O) groups is 2. The van der Waals surface area contributed by atoms with E-state index in [2.05, 4.69) is 10.5 Å². The molecule has 0 fully saturated rings. The van der Waals surface area contributed by atoms with Gasteiger partial charge in [0.05, 0.1) is 0 Å². The highest BCUT2D eigenvalue weighted by Gasteiger charge is 2.26. The lowest BCUT2D eigenvalue weighted by Gasteiger charge is -2.16. The van der Waals surface area contributed by atoms with Gasteiger partial charge in [-0.25, -0.2) is 4.79 Å². The van der Waals surface area contributed by atoms with Crippen LogP contribution in [0.2, 0.25) is 0 Å². The maximum Gasteiger partial charge on any atom is 0.326 e. The number of hydrogen-bond acceptors (Lipinski definition) is 4. The molecule has 23 heavy (non-hydrogen) atoms. The average Bonchev–Trinajstić information content (AvgIpc) is 2.88. The van der Waals surface area contributed by atoms with Crippen molar-refractivity contribution in [1.29, 1.82) is 0 Å². The normalized spacial score (nSPS) is 12.2. The molecule has 1 amide bonds. The van der Waals surface area contributed by atoms with Crippen LogP contribution in [0.15, 0.2) is 34.9 Å². The number of carboxylic acid groups (broad SMARTS) is 1. The minimum atomic E-state index is -1.05. The van der Waals surface area contributed by atoms with E-state index in [1.54, 1.807) is 6.92 Å². The van der Waals surface area contributed by atoms with Crippen LogP contribution >= 0.6 is 0 Å². The molecule has 122 valence electrons. The molecule has 2 aromatic rings. The molecule has 1 aromatic heterocycles. The molecule has 2 N–H and O–H groups in total. The second-order valence-electron chi connectivity index (χ2n) is 5.82. The topological polar surface area (TPSA) is 92.4 Å². The maximum absolute atomic E-state index is 12.5. The van der Waals surface area contributed by atoms with Gasteiger partial charge in [0.1, 0.15) is 23.1 Å². The number of hydrogen-bond donors (Lipinski definition) is 2. The summed E-state index contributed by atoms with van der Waals surface area (Å²) in [7, 11) is 0. The van der Waals surface area contributed by atoms with Crippen molar-refractivity contribution < 1.29 is 19.2 Å². The molecule has 0 unspecified atom stereocenters. The van der Waals surface area contributed by atoms with Crippen LogP contribution in [0.1, 0.15) is 36.4 Å². The van der Waals surface area contributed by atoms with Crippen LogP contribution in [0.4, 0.5) is 0 Å². The van der Waals surface area contributed by atoms with Crippen molar-refractivity contribution in [2.45, 2.75) is 33.2 Å². The highest BCUT2D eigenvalue weighted by atomic mass is 16.5. The first-order chi connectivity index (χ1) is 10.9. The summed E-state index contributed by atoms with van der Waals surface area (Å²) in [6.07, 6.45) is 0.353. The van der Waals surface area contributed by atoms with Crippen molar-refractivity contribution in [3.05, 3.63) is 41.7 Å². The predicted octanol–water partition coefficient (Wildman–Crippen LogP) is 2.88. The fourth-order valence-electron chi connectivity index (χ4n) is 2.36. The summed E-state index contributed by atoms with van der Waals surface area (Å²) in [5.41, 5.74) is 1.42. The zero-order chi connectivity index (χ0) is 17.0. The Labute approximate surface area is 134 Å². The van der Waals surface area contributed by atoms with E-state index >= 15 is 0 Å². The van der Waals surface area contributed by atoms with Crippen molar-refractivity contribution in [3.63, 3.8) is 0 Å². The summed E-state index contributed by atoms with van der Waals surface area (Å²) in [5, 5.41) is 15.8. The number of carboxylic acids is 1. The van der Waals surface area contributed by atoms with Gasteiger partial charge in [0.2, 0.25) is 0 Å². The first-order valence-corrected chi connectivity index (χ1v) is 7.45. The Morgan fingerprint density at radius 1 is 1.26 bits per heavy atom. The Bertz CT molecular complexity index is 692. The Morgan fingerprint density at radius 3 is 2.48 bits per heavy atom. The summed E-state index contributed by atoms with van der Waals surface area (Å²) in [6, 6.07) is 8.22. The SMILES string of the molecule is Cc1onc(-c2ccccc2)c1C(=O)N[C@H](CC(C)C)C(=O)O. The zero-order valence-corrected chi connectivity index (χ0v) is 13.4. The summed E-state index contributed by atoms with van der Waals surface area (Å²) in [6.45, 7) is 5.44. The van der Waals surface area contributed by atoms with Crippen molar-refractivity contribution in [2.75, 3.05) is 0 Å². The monoisotopic (exact) mass is 316 g/mol. The van der Waals surface area contributed by atoms with Gasteiger partial charge in [-0.05, 0) is 19.3 Å². The van der Waals surface area contributed by atoms with Crippen LogP contribution in [-0.2, 0) is 4.79 Å². The molecule has 2 rings (SSSR count). The first-order valence-electron chi connectivity index (χ1n) is 7.45. The van der Waals surface area contributed by atoms with Crippen LogP contribution in [0.3, 0.4) is 0 Å². The molecule has 0 aliphatic heterocycles. The molecule has 6 heteroatoms. The van der Waals surface area contributed by atoms with Crippen LogP contribution < -0.4 is 5.32 Å². The van der Waals surface area contributed by atoms with Crippen molar-refractivity contribution in [2.24, 2.45) is 5.92 Å². The minimum Gasteiger partial charge on any atom is -0.480 e. The summed E-state index contributed by atoms with van der Waals surface area (Å²) >= 11 is 0. The fourth-order valence-corrected chi connectivity index (χ4v) is 2.36. The Kier molecular flexibility index (Phi) is 5.16. The molecule has 1 atom stereocenters. The predicted molar refractivity (Wildman–Crippen MR) is 85.0 cm³/mol. The van der Waals surface area contributed by atoms with Crippen LogP contribution in [0.25, 0.3) is 11.3 Å². The first kappa shape index (κ1) is 16.7. The van der Waals surface area contributed by atoms with E-state index in [9.17, 15) is 14.7 Å². The quantitative estimate of drug-likeness (QED) is 0.855.